The zero-order valence-electron chi connectivity index (χ0n) is 10.9. The number of thiazole rings is 1. The average molecular weight is 343 g/mol. The van der Waals surface area contributed by atoms with Gasteiger partial charge in [0.05, 0.1) is 16.8 Å². The van der Waals surface area contributed by atoms with Gasteiger partial charge in [0.15, 0.2) is 4.80 Å². The molecule has 19 heavy (non-hydrogen) atoms. The molecular weight excluding hydrogens is 328 g/mol. The Morgan fingerprint density at radius 2 is 2.32 bits per heavy atom. The van der Waals surface area contributed by atoms with Crippen LogP contribution in [0, 0.1) is 0 Å². The third-order valence-corrected chi connectivity index (χ3v) is 4.10. The number of nitrogens with zero attached hydrogens (tertiary/aromatic N) is 2. The van der Waals surface area contributed by atoms with Crippen LogP contribution in [-0.2, 0) is 16.1 Å². The first-order valence-electron chi connectivity index (χ1n) is 6.03. The minimum atomic E-state index is -0.184. The van der Waals surface area contributed by atoms with Crippen molar-refractivity contribution in [2.24, 2.45) is 4.99 Å². The fourth-order valence-corrected chi connectivity index (χ4v) is 3.44. The Bertz CT molecular complexity index is 660. The molecule has 102 valence electrons. The first kappa shape index (κ1) is 14.4. The standard InChI is InChI=1S/C13H15BrN2O2S/c1-3-18-7-6-16-11-5-4-10(14)8-12(11)19-13(16)15-9(2)17/h4-5,8H,3,6-7H2,1-2H3. The van der Waals surface area contributed by atoms with E-state index < -0.39 is 0 Å². The number of amides is 1. The summed E-state index contributed by atoms with van der Waals surface area (Å²) >= 11 is 4.97. The Balaban J connectivity index is 2.52. The van der Waals surface area contributed by atoms with E-state index >= 15 is 0 Å². The number of fused-ring (bicyclic) bond motifs is 1. The number of aromatic nitrogens is 1. The molecule has 1 aromatic heterocycles. The summed E-state index contributed by atoms with van der Waals surface area (Å²) in [6.45, 7) is 5.43. The molecule has 0 spiro atoms. The van der Waals surface area contributed by atoms with Crippen LogP contribution < -0.4 is 4.80 Å². The Morgan fingerprint density at radius 1 is 1.53 bits per heavy atom. The van der Waals surface area contributed by atoms with Gasteiger partial charge < -0.3 is 9.30 Å². The molecule has 1 heterocycles. The van der Waals surface area contributed by atoms with E-state index in [-0.39, 0.29) is 5.91 Å². The van der Waals surface area contributed by atoms with Crippen LogP contribution in [0.4, 0.5) is 0 Å². The van der Waals surface area contributed by atoms with Crippen molar-refractivity contribution in [3.63, 3.8) is 0 Å². The van der Waals surface area contributed by atoms with Gasteiger partial charge in [-0.05, 0) is 25.1 Å². The lowest BCUT2D eigenvalue weighted by Crippen LogP contribution is -2.19. The van der Waals surface area contributed by atoms with Crippen molar-refractivity contribution >= 4 is 43.4 Å². The molecule has 0 bridgehead atoms. The predicted molar refractivity (Wildman–Crippen MR) is 80.3 cm³/mol. The van der Waals surface area contributed by atoms with Gasteiger partial charge in [-0.1, -0.05) is 27.3 Å². The zero-order chi connectivity index (χ0) is 13.8. The number of ether oxygens (including phenoxy) is 1. The fraction of sp³-hybridized carbons (Fsp3) is 0.385. The van der Waals surface area contributed by atoms with Crippen LogP contribution in [0.1, 0.15) is 13.8 Å². The van der Waals surface area contributed by atoms with E-state index in [2.05, 4.69) is 20.9 Å². The average Bonchev–Trinajstić information content (AvgIpc) is 2.66. The number of rotatable bonds is 4. The molecule has 4 nitrogen and oxygen atoms in total. The minimum Gasteiger partial charge on any atom is -0.380 e. The number of halogens is 1. The highest BCUT2D eigenvalue weighted by molar-refractivity contribution is 9.10. The molecule has 2 aromatic rings. The van der Waals surface area contributed by atoms with E-state index in [1.807, 2.05) is 29.7 Å². The second-order valence-corrected chi connectivity index (χ2v) is 5.90. The largest absolute Gasteiger partial charge is 0.380 e. The second-order valence-electron chi connectivity index (χ2n) is 3.98. The van der Waals surface area contributed by atoms with Gasteiger partial charge in [0, 0.05) is 24.5 Å². The second kappa shape index (κ2) is 6.45. The van der Waals surface area contributed by atoms with E-state index in [1.165, 1.54) is 18.3 Å². The van der Waals surface area contributed by atoms with E-state index in [1.54, 1.807) is 0 Å². The highest BCUT2D eigenvalue weighted by Gasteiger charge is 2.07. The number of carbonyl (C=O) groups is 1. The molecule has 0 aliphatic rings. The summed E-state index contributed by atoms with van der Waals surface area (Å²) < 4.78 is 9.54. The molecular formula is C13H15BrN2O2S. The first-order chi connectivity index (χ1) is 9.11. The van der Waals surface area contributed by atoms with Crippen molar-refractivity contribution in [2.45, 2.75) is 20.4 Å². The number of benzene rings is 1. The quantitative estimate of drug-likeness (QED) is 0.801. The molecule has 0 radical (unpaired) electrons. The summed E-state index contributed by atoms with van der Waals surface area (Å²) in [4.78, 5) is 16.0. The fourth-order valence-electron chi connectivity index (χ4n) is 1.78. The lowest BCUT2D eigenvalue weighted by molar-refractivity contribution is -0.116. The molecule has 0 unspecified atom stereocenters. The smallest absolute Gasteiger partial charge is 0.245 e. The maximum absolute atomic E-state index is 11.2. The van der Waals surface area contributed by atoms with Crippen molar-refractivity contribution in [1.29, 1.82) is 0 Å². The van der Waals surface area contributed by atoms with Crippen molar-refractivity contribution in [2.75, 3.05) is 13.2 Å². The predicted octanol–water partition coefficient (Wildman–Crippen LogP) is 2.95. The minimum absolute atomic E-state index is 0.184. The van der Waals surface area contributed by atoms with E-state index in [0.717, 1.165) is 19.5 Å². The first-order valence-corrected chi connectivity index (χ1v) is 7.64. The van der Waals surface area contributed by atoms with Crippen LogP contribution in [0.3, 0.4) is 0 Å². The maximum atomic E-state index is 11.2. The van der Waals surface area contributed by atoms with Crippen LogP contribution in [-0.4, -0.2) is 23.7 Å². The Labute approximate surface area is 123 Å². The topological polar surface area (TPSA) is 43.6 Å². The van der Waals surface area contributed by atoms with Gasteiger partial charge in [-0.2, -0.15) is 4.99 Å². The van der Waals surface area contributed by atoms with Crippen LogP contribution in [0.2, 0.25) is 0 Å². The van der Waals surface area contributed by atoms with Crippen LogP contribution in [0.25, 0.3) is 10.2 Å². The van der Waals surface area contributed by atoms with Crippen molar-refractivity contribution in [1.82, 2.24) is 4.57 Å². The van der Waals surface area contributed by atoms with E-state index in [9.17, 15) is 4.79 Å². The lowest BCUT2D eigenvalue weighted by Gasteiger charge is -2.05. The number of carbonyl (C=O) groups excluding carboxylic acids is 1. The molecule has 2 rings (SSSR count). The van der Waals surface area contributed by atoms with Gasteiger partial charge in [-0.25, -0.2) is 0 Å². The Kier molecular flexibility index (Phi) is 4.90. The normalized spacial score (nSPS) is 12.3. The zero-order valence-corrected chi connectivity index (χ0v) is 13.3. The Hall–Kier alpha value is -0.980. The molecule has 0 aliphatic heterocycles. The van der Waals surface area contributed by atoms with Crippen LogP contribution in [0.5, 0.6) is 0 Å². The van der Waals surface area contributed by atoms with Gasteiger partial charge in [-0.3, -0.25) is 4.79 Å². The van der Waals surface area contributed by atoms with Gasteiger partial charge in [0.25, 0.3) is 0 Å². The van der Waals surface area contributed by atoms with E-state index in [0.29, 0.717) is 19.8 Å². The molecule has 1 amide bonds. The summed E-state index contributed by atoms with van der Waals surface area (Å²) in [6, 6.07) is 6.06. The van der Waals surface area contributed by atoms with Gasteiger partial charge in [0.1, 0.15) is 0 Å². The third-order valence-electron chi connectivity index (χ3n) is 2.56. The van der Waals surface area contributed by atoms with Crippen LogP contribution >= 0.6 is 27.3 Å². The number of hydrogen-bond donors (Lipinski definition) is 0. The highest BCUT2D eigenvalue weighted by Crippen LogP contribution is 2.22. The summed E-state index contributed by atoms with van der Waals surface area (Å²) in [5.41, 5.74) is 1.08. The maximum Gasteiger partial charge on any atom is 0.245 e. The van der Waals surface area contributed by atoms with Crippen molar-refractivity contribution in [3.05, 3.63) is 27.5 Å². The van der Waals surface area contributed by atoms with Gasteiger partial charge in [0.2, 0.25) is 5.91 Å². The molecule has 1 aromatic carbocycles. The summed E-state index contributed by atoms with van der Waals surface area (Å²) in [5.74, 6) is -0.184. The van der Waals surface area contributed by atoms with E-state index in [4.69, 9.17) is 4.74 Å². The lowest BCUT2D eigenvalue weighted by atomic mass is 10.3. The summed E-state index contributed by atoms with van der Waals surface area (Å²) in [7, 11) is 0. The SMILES string of the molecule is CCOCCn1c(=NC(C)=O)sc2cc(Br)ccc21. The van der Waals surface area contributed by atoms with Gasteiger partial charge >= 0.3 is 0 Å². The summed E-state index contributed by atoms with van der Waals surface area (Å²) in [6.07, 6.45) is 0. The van der Waals surface area contributed by atoms with Crippen LogP contribution in [0.15, 0.2) is 27.7 Å². The van der Waals surface area contributed by atoms with Crippen molar-refractivity contribution in [3.8, 4) is 0 Å². The van der Waals surface area contributed by atoms with Crippen molar-refractivity contribution < 1.29 is 9.53 Å². The monoisotopic (exact) mass is 342 g/mol. The molecule has 0 saturated carbocycles. The third kappa shape index (κ3) is 3.52. The molecule has 0 saturated heterocycles. The number of hydrogen-bond acceptors (Lipinski definition) is 3. The molecule has 0 atom stereocenters. The Morgan fingerprint density at radius 3 is 3.00 bits per heavy atom. The highest BCUT2D eigenvalue weighted by atomic mass is 79.9. The molecule has 6 heteroatoms. The van der Waals surface area contributed by atoms with Gasteiger partial charge in [-0.15, -0.1) is 0 Å². The summed E-state index contributed by atoms with van der Waals surface area (Å²) in [5, 5.41) is 0. The molecule has 0 N–H and O–H groups in total. The molecule has 0 aliphatic carbocycles. The molecule has 0 fully saturated rings.